The number of ketones is 2. The van der Waals surface area contributed by atoms with Crippen molar-refractivity contribution in [2.24, 2.45) is 5.73 Å². The van der Waals surface area contributed by atoms with Gasteiger partial charge in [0.1, 0.15) is 110 Å². The second-order valence-corrected chi connectivity index (χ2v) is 17.4. The van der Waals surface area contributed by atoms with Crippen molar-refractivity contribution in [2.75, 3.05) is 71.1 Å². The van der Waals surface area contributed by atoms with Gasteiger partial charge in [0, 0.05) is 36.7 Å². The van der Waals surface area contributed by atoms with Crippen LogP contribution in [0.4, 0.5) is 17.1 Å². The van der Waals surface area contributed by atoms with Gasteiger partial charge >= 0.3 is 0 Å². The first-order valence-corrected chi connectivity index (χ1v) is 26.9. The first-order chi connectivity index (χ1) is 47.9. The number of nitro groups is 3. The molecule has 0 saturated heterocycles. The quantitative estimate of drug-likeness (QED) is 0.0197. The largest absolute Gasteiger partial charge is 0.497 e. The molecule has 540 valence electrons. The Balaban J connectivity index is 0.00000117. The summed E-state index contributed by atoms with van der Waals surface area (Å²) in [6.45, 7) is 0. The molecule has 0 unspecified atom stereocenters. The summed E-state index contributed by atoms with van der Waals surface area (Å²) in [4.78, 5) is 149. The molecule has 2 heterocycles. The number of nitrogens with two attached hydrogens (primary N) is 1. The summed E-state index contributed by atoms with van der Waals surface area (Å²) < 4.78 is 50.0. The second-order valence-electron chi connectivity index (χ2n) is 17.4. The molecule has 7 N–H and O–H groups in total. The van der Waals surface area contributed by atoms with Gasteiger partial charge in [-0.1, -0.05) is 7.43 Å². The number of aromatic nitrogens is 4. The van der Waals surface area contributed by atoms with Crippen molar-refractivity contribution in [1.29, 1.82) is 0 Å². The number of rotatable bonds is 25. The molecule has 8 rings (SSSR count). The highest BCUT2D eigenvalue weighted by atomic mass is 16.9. The van der Waals surface area contributed by atoms with Crippen LogP contribution in [-0.4, -0.2) is 172 Å². The summed E-state index contributed by atoms with van der Waals surface area (Å²) in [7, 11) is 14.3. The lowest BCUT2D eigenvalue weighted by atomic mass is 10.0. The SMILES string of the molecule is C.COc1cc(OC)c(C(NC=O)NC=O)c([N+](=O)[O-])c1.COc1cc(OC)c(C(NC=O)NC=O)c([N+](=O)[O-])c1.COc1cc(OC)c(C=O)c([N+](=O)[O-])c1.COc1ccc(C=O)c(OC)c1.COc1ccc(OC)c2ncncc12.NC=O.O=C1C=CC(=O)c2ncncc21.O=[N+]([O-])O. The highest BCUT2D eigenvalue weighted by Gasteiger charge is 2.30. The van der Waals surface area contributed by atoms with Crippen molar-refractivity contribution in [2.45, 2.75) is 19.8 Å². The molecule has 0 bridgehead atoms. The van der Waals surface area contributed by atoms with Crippen LogP contribution in [0.3, 0.4) is 0 Å². The van der Waals surface area contributed by atoms with Crippen LogP contribution in [-0.2, 0) is 24.0 Å². The van der Waals surface area contributed by atoms with E-state index in [4.69, 9.17) is 67.5 Å². The summed E-state index contributed by atoms with van der Waals surface area (Å²) in [5, 5.41) is 56.5. The molecule has 1 aliphatic carbocycles. The maximum absolute atomic E-state index is 11.1. The number of fused-ring (bicyclic) bond motifs is 2. The first kappa shape index (κ1) is 86.7. The Hall–Kier alpha value is -14.3. The lowest BCUT2D eigenvalue weighted by Gasteiger charge is -2.19. The van der Waals surface area contributed by atoms with Crippen molar-refractivity contribution < 1.29 is 116 Å². The van der Waals surface area contributed by atoms with E-state index in [1.54, 1.807) is 45.7 Å². The van der Waals surface area contributed by atoms with Gasteiger partial charge in [0.2, 0.25) is 37.8 Å². The fourth-order valence-electron chi connectivity index (χ4n) is 7.79. The molecule has 0 radical (unpaired) electrons. The molecular formula is C60H67N13O28. The maximum Gasteiger partial charge on any atom is 0.291 e. The molecular weight excluding hydrogens is 1350 g/mol. The summed E-state index contributed by atoms with van der Waals surface area (Å²) in [6, 6.07) is 16.5. The van der Waals surface area contributed by atoms with Crippen LogP contribution in [0.1, 0.15) is 72.4 Å². The minimum Gasteiger partial charge on any atom is -0.497 e. The predicted molar refractivity (Wildman–Crippen MR) is 349 cm³/mol. The van der Waals surface area contributed by atoms with Crippen LogP contribution >= 0.6 is 0 Å². The fraction of sp³-hybridized carbons (Fsp3) is 0.217. The summed E-state index contributed by atoms with van der Waals surface area (Å²) in [6.07, 6.45) is 8.72. The minimum absolute atomic E-state index is 0. The van der Waals surface area contributed by atoms with Crippen LogP contribution in [0.2, 0.25) is 0 Å². The number of hydrogen-bond acceptors (Lipinski definition) is 31. The number of carbonyl (C=O) groups excluding carboxylic acids is 9. The third-order valence-electron chi connectivity index (χ3n) is 12.1. The number of carbonyl (C=O) groups is 9. The topological polar surface area (TPSA) is 564 Å². The summed E-state index contributed by atoms with van der Waals surface area (Å²) >= 11 is 0. The van der Waals surface area contributed by atoms with Gasteiger partial charge in [0.25, 0.3) is 22.1 Å². The third-order valence-corrected chi connectivity index (χ3v) is 12.1. The van der Waals surface area contributed by atoms with Gasteiger partial charge in [0.05, 0.1) is 121 Å². The van der Waals surface area contributed by atoms with Crippen molar-refractivity contribution >= 4 is 84.2 Å². The van der Waals surface area contributed by atoms with Gasteiger partial charge in [-0.15, -0.1) is 10.1 Å². The highest BCUT2D eigenvalue weighted by molar-refractivity contribution is 6.20. The molecule has 41 nitrogen and oxygen atoms in total. The van der Waals surface area contributed by atoms with Crippen molar-refractivity contribution in [3.63, 3.8) is 0 Å². The van der Waals surface area contributed by atoms with Gasteiger partial charge in [0.15, 0.2) is 18.4 Å². The lowest BCUT2D eigenvalue weighted by molar-refractivity contribution is -0.742. The number of primary amides is 1. The maximum atomic E-state index is 11.1. The zero-order valence-electron chi connectivity index (χ0n) is 54.1. The number of ether oxygens (including phenoxy) is 10. The van der Waals surface area contributed by atoms with Gasteiger partial charge in [-0.05, 0) is 36.4 Å². The van der Waals surface area contributed by atoms with Gasteiger partial charge in [-0.25, -0.2) is 19.9 Å². The molecule has 7 aromatic rings. The average Bonchev–Trinajstić information content (AvgIpc) is 0.822. The standard InChI is InChI=1S/2C11H13N3O6.C10H10N2O2.C9H9NO5.C9H10O3.C8H4N2O2.CH3NO.CH4.HNO3/c2*1-19-7-3-8(14(17)18)10(9(4-7)20-2)11(12-5-15)13-6-16;1-13-8-3-4-9(14-2)10-7(8)5-11-6-12-10;1-14-6-3-8(10(12)13)7(5-11)9(4-6)15-2;1-11-8-4-3-7(6-10)9(5-8)12-2;11-6-1-2-7(12)8-5(6)3-9-4-10-8;2-1-3;;2-1(3)4/h2*3-6,11H,1-2H3,(H,12,15)(H,13,16);3-6H,1-2H3;3-5H,1-2H3;3-6H,1-2H3;1-4H;1H,(H2,2,3);1H4;(H,2,3,4). The fourth-order valence-corrected chi connectivity index (χ4v) is 7.79. The number of nitrogens with one attached hydrogen (secondary N) is 4. The van der Waals surface area contributed by atoms with E-state index in [2.05, 4.69) is 46.9 Å². The molecule has 41 heteroatoms. The Bertz CT molecular complexity index is 3820. The van der Waals surface area contributed by atoms with Crippen LogP contribution in [0.5, 0.6) is 57.5 Å². The van der Waals surface area contributed by atoms with E-state index in [0.717, 1.165) is 28.7 Å². The lowest BCUT2D eigenvalue weighted by Crippen LogP contribution is -2.33. The van der Waals surface area contributed by atoms with Crippen molar-refractivity contribution in [3.8, 4) is 57.5 Å². The number of nitro benzene ring substituents is 3. The normalized spacial score (nSPS) is 9.86. The third kappa shape index (κ3) is 26.4. The van der Waals surface area contributed by atoms with Crippen LogP contribution in [0.15, 0.2) is 104 Å². The van der Waals surface area contributed by atoms with Gasteiger partial charge in [-0.3, -0.25) is 73.5 Å². The van der Waals surface area contributed by atoms with Gasteiger partial charge in [-0.2, -0.15) is 0 Å². The van der Waals surface area contributed by atoms with Crippen LogP contribution in [0.25, 0.3) is 10.9 Å². The van der Waals surface area contributed by atoms with E-state index in [-0.39, 0.29) is 105 Å². The monoisotopic (exact) mass is 1420 g/mol. The Labute approximate surface area is 571 Å². The molecule has 101 heavy (non-hydrogen) atoms. The van der Waals surface area contributed by atoms with E-state index >= 15 is 0 Å². The Morgan fingerprint density at radius 1 is 0.465 bits per heavy atom. The van der Waals surface area contributed by atoms with E-state index in [1.807, 2.05) is 12.1 Å². The highest BCUT2D eigenvalue weighted by Crippen LogP contribution is 2.39. The minimum atomic E-state index is -1.50. The second kappa shape index (κ2) is 46.7. The zero-order chi connectivity index (χ0) is 75.4. The number of allylic oxidation sites excluding steroid dienone is 2. The van der Waals surface area contributed by atoms with E-state index in [0.29, 0.717) is 49.0 Å². The molecule has 0 fully saturated rings. The Morgan fingerprint density at radius 2 is 0.842 bits per heavy atom. The Morgan fingerprint density at radius 3 is 1.22 bits per heavy atom. The van der Waals surface area contributed by atoms with E-state index in [1.165, 1.54) is 117 Å². The van der Waals surface area contributed by atoms with Crippen LogP contribution in [0, 0.1) is 40.5 Å². The van der Waals surface area contributed by atoms with E-state index < -0.39 is 32.2 Å². The molecule has 5 amide bonds. The van der Waals surface area contributed by atoms with Crippen molar-refractivity contribution in [1.82, 2.24) is 41.2 Å². The average molecular weight is 1420 g/mol. The first-order valence-electron chi connectivity index (χ1n) is 26.9. The smallest absolute Gasteiger partial charge is 0.291 e. The zero-order valence-corrected chi connectivity index (χ0v) is 54.1. The number of aldehydes is 2. The Kier molecular flexibility index (Phi) is 40.1. The molecule has 5 aromatic carbocycles. The number of amides is 5. The molecule has 0 aliphatic heterocycles. The molecule has 1 aliphatic rings. The molecule has 0 spiro atoms. The predicted octanol–water partition coefficient (Wildman–Crippen LogP) is 4.59. The summed E-state index contributed by atoms with van der Waals surface area (Å²) in [5.41, 5.74) is 4.83. The molecule has 0 atom stereocenters. The number of hydrogen-bond donors (Lipinski definition) is 6. The number of nitrogens with zero attached hydrogens (tertiary/aromatic N) is 8. The van der Waals surface area contributed by atoms with E-state index in [9.17, 15) is 68.7 Å². The number of methoxy groups -OCH3 is 10. The van der Waals surface area contributed by atoms with Crippen molar-refractivity contribution in [3.05, 3.63) is 178 Å². The number of benzene rings is 5. The summed E-state index contributed by atoms with van der Waals surface area (Å²) in [5.74, 6) is 3.25. The molecule has 0 saturated carbocycles. The van der Waals surface area contributed by atoms with Crippen LogP contribution < -0.4 is 74.4 Å². The van der Waals surface area contributed by atoms with Gasteiger partial charge < -0.3 is 79.6 Å². The molecule has 2 aromatic heterocycles.